The molecular weight excluding hydrogens is 623 g/mol. The molecule has 47 heavy (non-hydrogen) atoms. The molecule has 1 aromatic heterocycles. The van der Waals surface area contributed by atoms with Gasteiger partial charge in [-0.3, -0.25) is 9.59 Å². The van der Waals surface area contributed by atoms with Crippen molar-refractivity contribution in [2.75, 3.05) is 6.54 Å². The third kappa shape index (κ3) is 7.84. The van der Waals surface area contributed by atoms with Gasteiger partial charge < -0.3 is 25.4 Å². The topological polar surface area (TPSA) is 169 Å². The number of ether oxygens (including phenoxy) is 1. The molecule has 0 radical (unpaired) electrons. The zero-order valence-electron chi connectivity index (χ0n) is 26.5. The van der Waals surface area contributed by atoms with Crippen LogP contribution >= 0.6 is 0 Å². The van der Waals surface area contributed by atoms with Gasteiger partial charge in [0.25, 0.3) is 0 Å². The molecule has 13 nitrogen and oxygen atoms in total. The van der Waals surface area contributed by atoms with E-state index in [0.29, 0.717) is 25.7 Å². The van der Waals surface area contributed by atoms with E-state index in [-0.39, 0.29) is 30.3 Å². The van der Waals surface area contributed by atoms with Crippen molar-refractivity contribution < 1.29 is 42.2 Å². The molecule has 2 aliphatic heterocycles. The third-order valence-electron chi connectivity index (χ3n) is 8.96. The smallest absolute Gasteiger partial charge is 0.416 e. The van der Waals surface area contributed by atoms with E-state index >= 15 is 0 Å². The number of nitrogens with one attached hydrogen (secondary N) is 2. The summed E-state index contributed by atoms with van der Waals surface area (Å²) in [5.41, 5.74) is -2.77. The number of amides is 3. The van der Waals surface area contributed by atoms with E-state index in [0.717, 1.165) is 37.8 Å². The molecule has 0 bridgehead atoms. The Morgan fingerprint density at radius 2 is 1.70 bits per heavy atom. The highest BCUT2D eigenvalue weighted by atomic mass is 19.4. The minimum Gasteiger partial charge on any atom is -0.479 e. The second-order valence-electron chi connectivity index (χ2n) is 13.6. The molecule has 3 aliphatic rings. The number of fused-ring (bicyclic) bond motifs is 2. The number of alkyl halides is 3. The van der Waals surface area contributed by atoms with E-state index in [2.05, 4.69) is 26.0 Å². The molecule has 5 rings (SSSR count). The first-order valence-electron chi connectivity index (χ1n) is 15.9. The number of halogens is 3. The molecule has 1 saturated carbocycles. The van der Waals surface area contributed by atoms with E-state index in [1.807, 2.05) is 0 Å². The van der Waals surface area contributed by atoms with Crippen LogP contribution in [0.5, 0.6) is 0 Å². The number of carbonyl (C=O) groups excluding carboxylic acids is 3. The van der Waals surface area contributed by atoms with Gasteiger partial charge in [0.15, 0.2) is 0 Å². The summed E-state index contributed by atoms with van der Waals surface area (Å²) >= 11 is 0. The van der Waals surface area contributed by atoms with Crippen LogP contribution in [0.3, 0.4) is 0 Å². The molecule has 2 saturated heterocycles. The molecule has 16 heteroatoms. The van der Waals surface area contributed by atoms with Crippen molar-refractivity contribution in [1.29, 1.82) is 0 Å². The monoisotopic (exact) mass is 663 g/mol. The number of nitrogens with zero attached hydrogens (tertiary/aromatic N) is 5. The molecule has 2 aromatic rings. The van der Waals surface area contributed by atoms with Gasteiger partial charge in [-0.1, -0.05) is 44.2 Å². The number of rotatable bonds is 4. The number of alkyl carbamates (subject to hydrolysis) is 1. The Kier molecular flexibility index (Phi) is 9.51. The van der Waals surface area contributed by atoms with Crippen LogP contribution in [0.2, 0.25) is 0 Å². The fraction of sp³-hybridized carbons (Fsp3) is 0.645. The van der Waals surface area contributed by atoms with Gasteiger partial charge in [-0.2, -0.15) is 18.0 Å². The lowest BCUT2D eigenvalue weighted by Crippen LogP contribution is -2.56. The Bertz CT molecular complexity index is 1490. The predicted octanol–water partition coefficient (Wildman–Crippen LogP) is 4.10. The van der Waals surface area contributed by atoms with Crippen molar-refractivity contribution in [3.8, 4) is 11.4 Å². The van der Waals surface area contributed by atoms with E-state index in [4.69, 9.17) is 4.74 Å². The van der Waals surface area contributed by atoms with Crippen LogP contribution in [0.25, 0.3) is 11.4 Å². The van der Waals surface area contributed by atoms with Crippen LogP contribution in [-0.4, -0.2) is 83.9 Å². The summed E-state index contributed by atoms with van der Waals surface area (Å²) in [6.45, 7) is 5.03. The molecule has 1 unspecified atom stereocenters. The van der Waals surface area contributed by atoms with Crippen LogP contribution in [0.15, 0.2) is 24.3 Å². The summed E-state index contributed by atoms with van der Waals surface area (Å²) in [5, 5.41) is 27.9. The first-order valence-corrected chi connectivity index (χ1v) is 15.9. The Balaban J connectivity index is 1.42. The maximum atomic E-state index is 14.1. The normalized spacial score (nSPS) is 27.5. The fourth-order valence-corrected chi connectivity index (χ4v) is 6.40. The number of carbonyl (C=O) groups is 4. The molecule has 3 heterocycles. The molecule has 0 spiro atoms. The quantitative estimate of drug-likeness (QED) is 0.436. The molecular formula is C31H40F3N7O6. The first-order chi connectivity index (χ1) is 22.1. The number of tetrazole rings is 1. The van der Waals surface area contributed by atoms with Gasteiger partial charge >= 0.3 is 18.2 Å². The molecule has 3 N–H and O–H groups in total. The van der Waals surface area contributed by atoms with Gasteiger partial charge in [-0.15, -0.1) is 10.2 Å². The number of hydrogen-bond donors (Lipinski definition) is 3. The minimum atomic E-state index is -4.51. The molecule has 1 aromatic carbocycles. The highest BCUT2D eigenvalue weighted by molar-refractivity contribution is 5.95. The van der Waals surface area contributed by atoms with Gasteiger partial charge in [-0.25, -0.2) is 9.59 Å². The first kappa shape index (κ1) is 34.1. The summed E-state index contributed by atoms with van der Waals surface area (Å²) in [6, 6.07) is 1.46. The number of aromatic nitrogens is 4. The van der Waals surface area contributed by atoms with E-state index in [1.165, 1.54) is 21.8 Å². The standard InChI is InChI=1S/C31H40F3N7O6/c1-29(2,3)47-28(46)35-22-10-8-6-4-5-7-9-20-16-30(20,27(44)45)36-25(42)23-15-21(17-40(23)26(22)43)41-38-24(37-39-41)18-11-13-19(14-12-18)31(32,33)34/h11-14,20-23H,4-10,15-17H2,1-3H3,(H,35,46)(H,36,42)(H,44,45)/t20-,21?,22-,23+,30+/m1/s1. The van der Waals surface area contributed by atoms with Gasteiger partial charge in [0.1, 0.15) is 23.2 Å². The van der Waals surface area contributed by atoms with Gasteiger partial charge in [-0.05, 0) is 63.3 Å². The average Bonchev–Trinajstić information content (AvgIpc) is 3.31. The van der Waals surface area contributed by atoms with Crippen LogP contribution in [-0.2, 0) is 25.3 Å². The minimum absolute atomic E-state index is 0.0138. The molecule has 3 fully saturated rings. The van der Waals surface area contributed by atoms with Gasteiger partial charge in [0.05, 0.1) is 11.6 Å². The van der Waals surface area contributed by atoms with Crippen LogP contribution in [0.1, 0.15) is 90.2 Å². The molecule has 256 valence electrons. The van der Waals surface area contributed by atoms with E-state index in [1.54, 1.807) is 20.8 Å². The SMILES string of the molecule is CC(C)(C)OC(=O)N[C@@H]1CCCCCCC[C@@H]2C[C@]2(C(=O)O)NC(=O)[C@@H]2CC(n3nnc(-c4ccc(C(F)(F)F)cc4)n3)CN2C1=O. The lowest BCUT2D eigenvalue weighted by molar-refractivity contribution is -0.146. The number of carboxylic acid groups (broad SMARTS) is 1. The molecule has 3 amide bonds. The second-order valence-corrected chi connectivity index (χ2v) is 13.6. The number of hydrogen-bond acceptors (Lipinski definition) is 8. The summed E-state index contributed by atoms with van der Waals surface area (Å²) in [6.07, 6.45) is -0.0319. The number of benzene rings is 1. The van der Waals surface area contributed by atoms with E-state index < -0.39 is 64.9 Å². The summed E-state index contributed by atoms with van der Waals surface area (Å²) in [5.74, 6) is -2.47. The lowest BCUT2D eigenvalue weighted by Gasteiger charge is -2.30. The average molecular weight is 664 g/mol. The van der Waals surface area contributed by atoms with Crippen molar-refractivity contribution in [2.24, 2.45) is 5.92 Å². The van der Waals surface area contributed by atoms with Crippen molar-refractivity contribution in [3.05, 3.63) is 29.8 Å². The summed E-state index contributed by atoms with van der Waals surface area (Å²) in [4.78, 5) is 55.6. The van der Waals surface area contributed by atoms with Crippen LogP contribution in [0.4, 0.5) is 18.0 Å². The summed E-state index contributed by atoms with van der Waals surface area (Å²) < 4.78 is 44.5. The molecule has 1 aliphatic carbocycles. The molecule has 5 atom stereocenters. The van der Waals surface area contributed by atoms with Crippen molar-refractivity contribution in [2.45, 2.75) is 114 Å². The lowest BCUT2D eigenvalue weighted by atomic mass is 10.0. The Morgan fingerprint density at radius 1 is 1.04 bits per heavy atom. The van der Waals surface area contributed by atoms with Crippen LogP contribution in [0, 0.1) is 5.92 Å². The summed E-state index contributed by atoms with van der Waals surface area (Å²) in [7, 11) is 0. The van der Waals surface area contributed by atoms with E-state index in [9.17, 15) is 37.5 Å². The highest BCUT2D eigenvalue weighted by Gasteiger charge is 2.62. The van der Waals surface area contributed by atoms with Crippen LogP contribution < -0.4 is 10.6 Å². The van der Waals surface area contributed by atoms with Crippen molar-refractivity contribution >= 4 is 23.9 Å². The van der Waals surface area contributed by atoms with Gasteiger partial charge in [0.2, 0.25) is 17.6 Å². The zero-order chi connectivity index (χ0) is 34.1. The Labute approximate surface area is 269 Å². The zero-order valence-corrected chi connectivity index (χ0v) is 26.5. The maximum absolute atomic E-state index is 14.1. The Hall–Kier alpha value is -4.24. The number of aliphatic carboxylic acids is 1. The maximum Gasteiger partial charge on any atom is 0.416 e. The third-order valence-corrected chi connectivity index (χ3v) is 8.96. The highest BCUT2D eigenvalue weighted by Crippen LogP contribution is 2.47. The Morgan fingerprint density at radius 3 is 2.34 bits per heavy atom. The predicted molar refractivity (Wildman–Crippen MR) is 160 cm³/mol. The number of carboxylic acids is 1. The van der Waals surface area contributed by atoms with Crippen molar-refractivity contribution in [3.63, 3.8) is 0 Å². The van der Waals surface area contributed by atoms with Gasteiger partial charge in [0, 0.05) is 18.5 Å². The van der Waals surface area contributed by atoms with Crippen molar-refractivity contribution in [1.82, 2.24) is 35.7 Å². The largest absolute Gasteiger partial charge is 0.479 e. The fourth-order valence-electron chi connectivity index (χ4n) is 6.40. The second kappa shape index (κ2) is 13.1.